The van der Waals surface area contributed by atoms with Crippen molar-refractivity contribution in [2.24, 2.45) is 0 Å². The highest BCUT2D eigenvalue weighted by Crippen LogP contribution is 2.20. The molecule has 3 aromatic carbocycles. The molecule has 1 heterocycles. The van der Waals surface area contributed by atoms with Crippen LogP contribution in [0.25, 0.3) is 11.0 Å². The third-order valence-electron chi connectivity index (χ3n) is 6.74. The summed E-state index contributed by atoms with van der Waals surface area (Å²) in [5, 5.41) is 3.07. The van der Waals surface area contributed by atoms with Gasteiger partial charge in [0, 0.05) is 19.5 Å². The van der Waals surface area contributed by atoms with Crippen LogP contribution in [0.1, 0.15) is 53.8 Å². The molecule has 5 heteroatoms. The Kier molecular flexibility index (Phi) is 9.36. The topological polar surface area (TPSA) is 56.1 Å². The lowest BCUT2D eigenvalue weighted by molar-refractivity contribution is -0.120. The summed E-state index contributed by atoms with van der Waals surface area (Å²) in [6, 6.07) is 22.8. The summed E-state index contributed by atoms with van der Waals surface area (Å²) in [6.07, 6.45) is 5.39. The van der Waals surface area contributed by atoms with Crippen molar-refractivity contribution in [3.63, 3.8) is 0 Å². The molecule has 37 heavy (non-hydrogen) atoms. The van der Waals surface area contributed by atoms with Crippen molar-refractivity contribution in [1.29, 1.82) is 0 Å². The van der Waals surface area contributed by atoms with Crippen LogP contribution in [0.5, 0.6) is 5.75 Å². The number of nitrogens with one attached hydrogen (secondary N) is 1. The Hall–Kier alpha value is -3.60. The van der Waals surface area contributed by atoms with Crippen LogP contribution in [0.3, 0.4) is 0 Å². The van der Waals surface area contributed by atoms with Crippen LogP contribution in [-0.2, 0) is 24.2 Å². The summed E-state index contributed by atoms with van der Waals surface area (Å²) in [7, 11) is 0. The lowest BCUT2D eigenvalue weighted by Crippen LogP contribution is -2.26. The van der Waals surface area contributed by atoms with E-state index in [-0.39, 0.29) is 5.91 Å². The second-order valence-corrected chi connectivity index (χ2v) is 9.96. The molecule has 1 amide bonds. The van der Waals surface area contributed by atoms with Crippen LogP contribution in [0.4, 0.5) is 0 Å². The van der Waals surface area contributed by atoms with E-state index in [9.17, 15) is 4.79 Å². The number of carbonyl (C=O) groups excluding carboxylic acids is 1. The number of unbranched alkanes of at least 4 members (excludes halogenated alkanes) is 2. The molecular formula is C32H39N3O2. The number of benzene rings is 3. The van der Waals surface area contributed by atoms with Gasteiger partial charge < -0.3 is 14.6 Å². The molecule has 5 nitrogen and oxygen atoms in total. The van der Waals surface area contributed by atoms with Crippen molar-refractivity contribution in [2.45, 2.75) is 65.8 Å². The van der Waals surface area contributed by atoms with Crippen molar-refractivity contribution < 1.29 is 9.53 Å². The number of hydrogen-bond donors (Lipinski definition) is 1. The molecule has 4 aromatic rings. The number of fused-ring (bicyclic) bond motifs is 1. The van der Waals surface area contributed by atoms with Crippen LogP contribution in [0.15, 0.2) is 66.7 Å². The highest BCUT2D eigenvalue weighted by molar-refractivity contribution is 5.78. The number of amides is 1. The molecule has 0 atom stereocenters. The van der Waals surface area contributed by atoms with E-state index in [0.717, 1.165) is 73.4 Å². The first kappa shape index (κ1) is 26.5. The maximum Gasteiger partial charge on any atom is 0.224 e. The molecule has 194 valence electrons. The number of aromatic nitrogens is 2. The van der Waals surface area contributed by atoms with Gasteiger partial charge in [-0.3, -0.25) is 4.79 Å². The Balaban J connectivity index is 1.23. The van der Waals surface area contributed by atoms with Crippen molar-refractivity contribution in [3.05, 3.63) is 94.8 Å². The van der Waals surface area contributed by atoms with E-state index in [2.05, 4.69) is 60.1 Å². The summed E-state index contributed by atoms with van der Waals surface area (Å²) >= 11 is 0. The fourth-order valence-electron chi connectivity index (χ4n) is 4.85. The van der Waals surface area contributed by atoms with E-state index >= 15 is 0 Å². The number of rotatable bonds is 13. The van der Waals surface area contributed by atoms with Gasteiger partial charge in [0.15, 0.2) is 0 Å². The van der Waals surface area contributed by atoms with Crippen LogP contribution in [-0.4, -0.2) is 28.6 Å². The number of ether oxygens (including phenoxy) is 1. The Morgan fingerprint density at radius 3 is 2.46 bits per heavy atom. The van der Waals surface area contributed by atoms with E-state index in [1.165, 1.54) is 16.6 Å². The maximum atomic E-state index is 12.3. The van der Waals surface area contributed by atoms with Gasteiger partial charge in [-0.1, -0.05) is 48.9 Å². The largest absolute Gasteiger partial charge is 0.494 e. The molecule has 0 bridgehead atoms. The smallest absolute Gasteiger partial charge is 0.224 e. The number of imidazole rings is 1. The van der Waals surface area contributed by atoms with Gasteiger partial charge in [0.25, 0.3) is 0 Å². The molecule has 1 aromatic heterocycles. The van der Waals surface area contributed by atoms with Gasteiger partial charge >= 0.3 is 0 Å². The lowest BCUT2D eigenvalue weighted by atomic mass is 10.1. The Bertz CT molecular complexity index is 1300. The highest BCUT2D eigenvalue weighted by Gasteiger charge is 2.11. The molecular weight excluding hydrogens is 458 g/mol. The van der Waals surface area contributed by atoms with Crippen LogP contribution in [0.2, 0.25) is 0 Å². The second-order valence-electron chi connectivity index (χ2n) is 9.96. The van der Waals surface area contributed by atoms with Gasteiger partial charge in [-0.15, -0.1) is 0 Å². The maximum absolute atomic E-state index is 12.3. The normalized spacial score (nSPS) is 11.1. The zero-order valence-electron chi connectivity index (χ0n) is 22.4. The van der Waals surface area contributed by atoms with Crippen LogP contribution < -0.4 is 10.1 Å². The highest BCUT2D eigenvalue weighted by atomic mass is 16.5. The summed E-state index contributed by atoms with van der Waals surface area (Å²) < 4.78 is 8.39. The third-order valence-corrected chi connectivity index (χ3v) is 6.74. The molecule has 0 aliphatic heterocycles. The van der Waals surface area contributed by atoms with Gasteiger partial charge in [0.2, 0.25) is 5.91 Å². The zero-order valence-corrected chi connectivity index (χ0v) is 22.4. The van der Waals surface area contributed by atoms with Gasteiger partial charge in [-0.05, 0) is 86.6 Å². The standard InChI is InChI=1S/C32H39N3O2/c1-24-20-25(2)22-28(21-24)37-19-11-18-35-30-15-9-8-14-29(30)34-31(35)16-5-4-10-17-33-32(36)23-27-13-7-6-12-26(27)3/h6-9,12-15,20-22H,4-5,10-11,16-19,23H2,1-3H3,(H,33,36). The third kappa shape index (κ3) is 7.69. The van der Waals surface area contributed by atoms with Crippen molar-refractivity contribution in [2.75, 3.05) is 13.2 Å². The molecule has 0 aliphatic carbocycles. The number of carbonyl (C=O) groups is 1. The molecule has 0 aliphatic rings. The summed E-state index contributed by atoms with van der Waals surface area (Å²) in [4.78, 5) is 17.2. The van der Waals surface area contributed by atoms with Crippen molar-refractivity contribution in [1.82, 2.24) is 14.9 Å². The summed E-state index contributed by atoms with van der Waals surface area (Å²) in [5.41, 5.74) is 6.95. The van der Waals surface area contributed by atoms with Crippen LogP contribution >= 0.6 is 0 Å². The average molecular weight is 498 g/mol. The first-order chi connectivity index (χ1) is 18.0. The van der Waals surface area contributed by atoms with Gasteiger partial charge in [-0.25, -0.2) is 4.98 Å². The predicted octanol–water partition coefficient (Wildman–Crippen LogP) is 6.50. The SMILES string of the molecule is Cc1cc(C)cc(OCCCn2c(CCCCCNC(=O)Cc3ccccc3C)nc3ccccc32)c1. The van der Waals surface area contributed by atoms with Crippen molar-refractivity contribution in [3.8, 4) is 5.75 Å². The Morgan fingerprint density at radius 2 is 1.65 bits per heavy atom. The Morgan fingerprint density at radius 1 is 0.892 bits per heavy atom. The predicted molar refractivity (Wildman–Crippen MR) is 151 cm³/mol. The van der Waals surface area contributed by atoms with E-state index < -0.39 is 0 Å². The molecule has 0 radical (unpaired) electrons. The first-order valence-corrected chi connectivity index (χ1v) is 13.5. The second kappa shape index (κ2) is 13.1. The lowest BCUT2D eigenvalue weighted by Gasteiger charge is -2.11. The minimum Gasteiger partial charge on any atom is -0.494 e. The average Bonchev–Trinajstić information content (AvgIpc) is 3.22. The monoisotopic (exact) mass is 497 g/mol. The van der Waals surface area contributed by atoms with Crippen LogP contribution in [0, 0.1) is 20.8 Å². The van der Waals surface area contributed by atoms with E-state index in [0.29, 0.717) is 13.0 Å². The van der Waals surface area contributed by atoms with Gasteiger partial charge in [0.05, 0.1) is 24.1 Å². The van der Waals surface area contributed by atoms with Gasteiger partial charge in [-0.2, -0.15) is 0 Å². The fraction of sp³-hybridized carbons (Fsp3) is 0.375. The Labute approximate surface area is 220 Å². The van der Waals surface area contributed by atoms with E-state index in [1.54, 1.807) is 0 Å². The summed E-state index contributed by atoms with van der Waals surface area (Å²) in [5.74, 6) is 2.18. The van der Waals surface area contributed by atoms with E-state index in [1.807, 2.05) is 37.3 Å². The molecule has 0 spiro atoms. The number of aryl methyl sites for hydroxylation is 5. The summed E-state index contributed by atoms with van der Waals surface area (Å²) in [6.45, 7) is 8.53. The molecule has 0 saturated carbocycles. The van der Waals surface area contributed by atoms with Crippen molar-refractivity contribution >= 4 is 16.9 Å². The molecule has 0 saturated heterocycles. The van der Waals surface area contributed by atoms with E-state index in [4.69, 9.17) is 9.72 Å². The number of nitrogens with zero attached hydrogens (tertiary/aromatic N) is 2. The molecule has 0 fully saturated rings. The molecule has 1 N–H and O–H groups in total. The minimum atomic E-state index is 0.0964. The van der Waals surface area contributed by atoms with Gasteiger partial charge in [0.1, 0.15) is 11.6 Å². The molecule has 4 rings (SSSR count). The first-order valence-electron chi connectivity index (χ1n) is 13.5. The number of hydrogen-bond acceptors (Lipinski definition) is 3. The minimum absolute atomic E-state index is 0.0964. The quantitative estimate of drug-likeness (QED) is 0.214. The fourth-order valence-corrected chi connectivity index (χ4v) is 4.85. The number of para-hydroxylation sites is 2. The zero-order chi connectivity index (χ0) is 26.0. The molecule has 0 unspecified atom stereocenters.